The van der Waals surface area contributed by atoms with Crippen molar-refractivity contribution >= 4 is 0 Å². The van der Waals surface area contributed by atoms with Crippen LogP contribution in [0.2, 0.25) is 0 Å². The second-order valence-corrected chi connectivity index (χ2v) is 2.97. The first-order chi connectivity index (χ1) is 5.34. The van der Waals surface area contributed by atoms with E-state index in [4.69, 9.17) is 5.26 Å². The molecule has 0 spiro atoms. The highest BCUT2D eigenvalue weighted by Gasteiger charge is 2.22. The molecule has 0 aromatic rings. The molecule has 1 N–H and O–H groups in total. The van der Waals surface area contributed by atoms with Gasteiger partial charge in [-0.2, -0.15) is 5.26 Å². The Balaban J connectivity index is 2.40. The van der Waals surface area contributed by atoms with Gasteiger partial charge in [0.05, 0.1) is 6.07 Å². The first-order valence-electron chi connectivity index (χ1n) is 4.06. The van der Waals surface area contributed by atoms with Crippen molar-refractivity contribution < 1.29 is 4.39 Å². The van der Waals surface area contributed by atoms with Crippen molar-refractivity contribution in [1.29, 1.82) is 5.26 Å². The van der Waals surface area contributed by atoms with Gasteiger partial charge in [0, 0.05) is 12.3 Å². The van der Waals surface area contributed by atoms with Crippen LogP contribution in [0.3, 0.4) is 0 Å². The Labute approximate surface area is 66.4 Å². The van der Waals surface area contributed by atoms with Crippen LogP contribution < -0.4 is 5.32 Å². The van der Waals surface area contributed by atoms with Gasteiger partial charge in [-0.15, -0.1) is 0 Å². The molecule has 3 heteroatoms. The highest BCUT2D eigenvalue weighted by atomic mass is 19.1. The molecule has 2 nitrogen and oxygen atoms in total. The lowest BCUT2D eigenvalue weighted by molar-refractivity contribution is 0.223. The smallest absolute Gasteiger partial charge is 0.105 e. The normalized spacial score (nSPS) is 32.4. The summed E-state index contributed by atoms with van der Waals surface area (Å²) >= 11 is 0. The van der Waals surface area contributed by atoms with Crippen LogP contribution in [-0.2, 0) is 0 Å². The second kappa shape index (κ2) is 4.30. The summed E-state index contributed by atoms with van der Waals surface area (Å²) in [5, 5.41) is 11.5. The third-order valence-electron chi connectivity index (χ3n) is 2.15. The molecule has 2 atom stereocenters. The van der Waals surface area contributed by atoms with E-state index in [-0.39, 0.29) is 5.92 Å². The van der Waals surface area contributed by atoms with Crippen LogP contribution in [0.1, 0.15) is 19.3 Å². The third kappa shape index (κ3) is 2.47. The van der Waals surface area contributed by atoms with Gasteiger partial charge >= 0.3 is 0 Å². The van der Waals surface area contributed by atoms with E-state index >= 15 is 0 Å². The van der Waals surface area contributed by atoms with Gasteiger partial charge in [-0.1, -0.05) is 0 Å². The van der Waals surface area contributed by atoms with Crippen molar-refractivity contribution in [3.63, 3.8) is 0 Å². The average Bonchev–Trinajstić information content (AvgIpc) is 2.18. The molecular formula is C8H13FN2. The maximum Gasteiger partial charge on any atom is 0.105 e. The first-order valence-corrected chi connectivity index (χ1v) is 4.06. The Kier molecular flexibility index (Phi) is 3.31. The van der Waals surface area contributed by atoms with E-state index in [1.807, 2.05) is 6.07 Å². The van der Waals surface area contributed by atoms with Crippen LogP contribution >= 0.6 is 0 Å². The van der Waals surface area contributed by atoms with Crippen LogP contribution in [0.4, 0.5) is 4.39 Å². The third-order valence-corrected chi connectivity index (χ3v) is 2.15. The van der Waals surface area contributed by atoms with Crippen LogP contribution in [0.5, 0.6) is 0 Å². The van der Waals surface area contributed by atoms with Crippen LogP contribution in [0.15, 0.2) is 0 Å². The molecule has 11 heavy (non-hydrogen) atoms. The molecule has 1 heterocycles. The van der Waals surface area contributed by atoms with Crippen molar-refractivity contribution in [2.24, 2.45) is 5.92 Å². The molecule has 0 bridgehead atoms. The number of hydrogen-bond acceptors (Lipinski definition) is 2. The second-order valence-electron chi connectivity index (χ2n) is 2.97. The summed E-state index contributed by atoms with van der Waals surface area (Å²) in [7, 11) is 0. The highest BCUT2D eigenvalue weighted by molar-refractivity contribution is 4.83. The van der Waals surface area contributed by atoms with E-state index in [9.17, 15) is 4.39 Å². The zero-order chi connectivity index (χ0) is 8.10. The van der Waals surface area contributed by atoms with Crippen molar-refractivity contribution in [2.75, 3.05) is 13.1 Å². The summed E-state index contributed by atoms with van der Waals surface area (Å²) in [4.78, 5) is 0. The SMILES string of the molecule is N#CCC1CCNCCC1F. The van der Waals surface area contributed by atoms with Gasteiger partial charge in [0.1, 0.15) is 6.17 Å². The molecule has 1 saturated heterocycles. The summed E-state index contributed by atoms with van der Waals surface area (Å²) in [5.41, 5.74) is 0. The van der Waals surface area contributed by atoms with Crippen molar-refractivity contribution in [2.45, 2.75) is 25.4 Å². The molecule has 0 saturated carbocycles. The van der Waals surface area contributed by atoms with E-state index < -0.39 is 6.17 Å². The predicted molar refractivity (Wildman–Crippen MR) is 40.7 cm³/mol. The number of alkyl halides is 1. The topological polar surface area (TPSA) is 35.8 Å². The minimum Gasteiger partial charge on any atom is -0.317 e. The number of hydrogen-bond donors (Lipinski definition) is 1. The van der Waals surface area contributed by atoms with Gasteiger partial charge < -0.3 is 5.32 Å². The van der Waals surface area contributed by atoms with Gasteiger partial charge in [0.15, 0.2) is 0 Å². The molecule has 0 aromatic carbocycles. The van der Waals surface area contributed by atoms with Crippen molar-refractivity contribution in [1.82, 2.24) is 5.32 Å². The maximum absolute atomic E-state index is 13.1. The molecule has 1 aliphatic rings. The summed E-state index contributed by atoms with van der Waals surface area (Å²) in [6.45, 7) is 1.61. The summed E-state index contributed by atoms with van der Waals surface area (Å²) in [6, 6.07) is 2.03. The monoisotopic (exact) mass is 156 g/mol. The molecule has 0 aliphatic carbocycles. The average molecular weight is 156 g/mol. The summed E-state index contributed by atoms with van der Waals surface area (Å²) < 4.78 is 13.1. The zero-order valence-corrected chi connectivity index (χ0v) is 6.52. The molecule has 1 aliphatic heterocycles. The van der Waals surface area contributed by atoms with Gasteiger partial charge in [-0.3, -0.25) is 0 Å². The molecule has 2 unspecified atom stereocenters. The fraction of sp³-hybridized carbons (Fsp3) is 0.875. The summed E-state index contributed by atoms with van der Waals surface area (Å²) in [5.74, 6) is -0.0324. The Morgan fingerprint density at radius 3 is 2.91 bits per heavy atom. The van der Waals surface area contributed by atoms with Crippen LogP contribution in [0, 0.1) is 17.2 Å². The molecule has 1 rings (SSSR count). The van der Waals surface area contributed by atoms with Gasteiger partial charge in [-0.05, 0) is 25.9 Å². The molecule has 0 aromatic heterocycles. The molecule has 0 amide bonds. The molecular weight excluding hydrogens is 143 g/mol. The standard InChI is InChI=1S/C8H13FN2/c9-8-3-6-11-5-2-7(8)1-4-10/h7-8,11H,1-3,5-6H2. The zero-order valence-electron chi connectivity index (χ0n) is 6.52. The fourth-order valence-corrected chi connectivity index (χ4v) is 1.42. The van der Waals surface area contributed by atoms with Crippen molar-refractivity contribution in [3.05, 3.63) is 0 Å². The van der Waals surface area contributed by atoms with E-state index in [0.29, 0.717) is 12.8 Å². The summed E-state index contributed by atoms with van der Waals surface area (Å²) in [6.07, 6.45) is 0.953. The van der Waals surface area contributed by atoms with Gasteiger partial charge in [-0.25, -0.2) is 4.39 Å². The number of halogens is 1. The van der Waals surface area contributed by atoms with Crippen LogP contribution in [0.25, 0.3) is 0 Å². The Morgan fingerprint density at radius 2 is 2.18 bits per heavy atom. The lowest BCUT2D eigenvalue weighted by Crippen LogP contribution is -2.14. The number of nitrogens with zero attached hydrogens (tertiary/aromatic N) is 1. The molecule has 0 radical (unpaired) electrons. The Bertz CT molecular complexity index is 153. The van der Waals surface area contributed by atoms with E-state index in [1.165, 1.54) is 0 Å². The van der Waals surface area contributed by atoms with Gasteiger partial charge in [0.2, 0.25) is 0 Å². The predicted octanol–water partition coefficient (Wildman–Crippen LogP) is 1.24. The number of nitrogens with one attached hydrogen (secondary N) is 1. The quantitative estimate of drug-likeness (QED) is 0.620. The number of rotatable bonds is 1. The molecule has 62 valence electrons. The molecule has 1 fully saturated rings. The minimum absolute atomic E-state index is 0.0324. The van der Waals surface area contributed by atoms with Crippen molar-refractivity contribution in [3.8, 4) is 6.07 Å². The van der Waals surface area contributed by atoms with E-state index in [0.717, 1.165) is 19.5 Å². The maximum atomic E-state index is 13.1. The Hall–Kier alpha value is -0.620. The Morgan fingerprint density at radius 1 is 1.45 bits per heavy atom. The minimum atomic E-state index is -0.773. The fourth-order valence-electron chi connectivity index (χ4n) is 1.42. The lowest BCUT2D eigenvalue weighted by atomic mass is 9.96. The number of nitriles is 1. The largest absolute Gasteiger partial charge is 0.317 e. The van der Waals surface area contributed by atoms with Gasteiger partial charge in [0.25, 0.3) is 0 Å². The van der Waals surface area contributed by atoms with E-state index in [2.05, 4.69) is 5.32 Å². The highest BCUT2D eigenvalue weighted by Crippen LogP contribution is 2.20. The first kappa shape index (κ1) is 8.48. The lowest BCUT2D eigenvalue weighted by Gasteiger charge is -2.13. The van der Waals surface area contributed by atoms with Crippen LogP contribution in [-0.4, -0.2) is 19.3 Å². The van der Waals surface area contributed by atoms with E-state index in [1.54, 1.807) is 0 Å².